The van der Waals surface area contributed by atoms with Crippen LogP contribution in [0.15, 0.2) is 36.4 Å². The first-order valence-electron chi connectivity index (χ1n) is 8.84. The van der Waals surface area contributed by atoms with Gasteiger partial charge in [-0.3, -0.25) is 14.9 Å². The lowest BCUT2D eigenvalue weighted by molar-refractivity contribution is -0.115. The molecule has 2 aromatic rings. The Hall–Kier alpha value is -2.51. The van der Waals surface area contributed by atoms with Crippen LogP contribution in [0, 0.1) is 0 Å². The minimum Gasteiger partial charge on any atom is -0.365 e. The molecular formula is C20H21N3O2S2. The van der Waals surface area contributed by atoms with E-state index in [1.54, 1.807) is 6.08 Å². The van der Waals surface area contributed by atoms with E-state index in [9.17, 15) is 9.59 Å². The molecule has 27 heavy (non-hydrogen) atoms. The normalized spacial score (nSPS) is 13.6. The fourth-order valence-corrected chi connectivity index (χ4v) is 4.68. The summed E-state index contributed by atoms with van der Waals surface area (Å²) in [7, 11) is 0. The van der Waals surface area contributed by atoms with Crippen molar-refractivity contribution in [2.45, 2.75) is 32.1 Å². The summed E-state index contributed by atoms with van der Waals surface area (Å²) in [6.45, 7) is 0. The molecule has 1 aliphatic carbocycles. The topological polar surface area (TPSA) is 84.2 Å². The molecule has 0 bridgehead atoms. The second kappa shape index (κ2) is 8.92. The number of primary amides is 1. The maximum Gasteiger partial charge on any atom is 0.251 e. The van der Waals surface area contributed by atoms with Crippen molar-refractivity contribution in [1.29, 1.82) is 0 Å². The number of rotatable bonds is 4. The van der Waals surface area contributed by atoms with Gasteiger partial charge in [0.05, 0.1) is 5.56 Å². The van der Waals surface area contributed by atoms with Crippen LogP contribution in [0.2, 0.25) is 0 Å². The minimum absolute atomic E-state index is 0.150. The van der Waals surface area contributed by atoms with Crippen molar-refractivity contribution >= 4 is 51.6 Å². The molecule has 0 saturated carbocycles. The highest BCUT2D eigenvalue weighted by atomic mass is 32.1. The number of anilines is 1. The summed E-state index contributed by atoms with van der Waals surface area (Å²) in [5.74, 6) is -0.801. The largest absolute Gasteiger partial charge is 0.365 e. The molecule has 0 aliphatic heterocycles. The Kier molecular flexibility index (Phi) is 6.36. The lowest BCUT2D eigenvalue weighted by Crippen LogP contribution is -2.33. The average Bonchev–Trinajstić information content (AvgIpc) is 2.81. The molecule has 0 radical (unpaired) electrons. The Morgan fingerprint density at radius 3 is 2.59 bits per heavy atom. The number of nitrogens with two attached hydrogens (primary N) is 1. The molecule has 1 aromatic heterocycles. The summed E-state index contributed by atoms with van der Waals surface area (Å²) in [5, 5.41) is 6.36. The van der Waals surface area contributed by atoms with Crippen LogP contribution in [0.25, 0.3) is 6.08 Å². The zero-order valence-corrected chi connectivity index (χ0v) is 16.4. The summed E-state index contributed by atoms with van der Waals surface area (Å²) < 4.78 is 0. The van der Waals surface area contributed by atoms with E-state index in [1.165, 1.54) is 22.3 Å². The van der Waals surface area contributed by atoms with E-state index in [2.05, 4.69) is 10.6 Å². The molecule has 140 valence electrons. The summed E-state index contributed by atoms with van der Waals surface area (Å²) in [4.78, 5) is 25.2. The molecule has 3 rings (SSSR count). The summed E-state index contributed by atoms with van der Waals surface area (Å²) in [5.41, 5.74) is 8.07. The summed E-state index contributed by atoms with van der Waals surface area (Å²) >= 11 is 6.73. The van der Waals surface area contributed by atoms with Gasteiger partial charge in [-0.25, -0.2) is 0 Å². The van der Waals surface area contributed by atoms with Crippen molar-refractivity contribution < 1.29 is 9.59 Å². The quantitative estimate of drug-likeness (QED) is 0.416. The van der Waals surface area contributed by atoms with Crippen molar-refractivity contribution in [2.75, 3.05) is 5.32 Å². The standard InChI is InChI=1S/C20H21N3O2S2/c21-18(25)17-14-9-5-2-6-10-15(14)27-19(17)23-20(26)22-16(24)12-11-13-7-3-1-4-8-13/h1,3-4,7-8,11-12H,2,5-6,9-10H2,(H2,21,25)(H2,22,23,24,26)/b12-11+. The number of amides is 2. The van der Waals surface area contributed by atoms with Crippen LogP contribution >= 0.6 is 23.6 Å². The van der Waals surface area contributed by atoms with E-state index in [0.29, 0.717) is 10.6 Å². The van der Waals surface area contributed by atoms with Crippen LogP contribution in [0.1, 0.15) is 45.6 Å². The molecule has 1 aliphatic rings. The first-order chi connectivity index (χ1) is 13.0. The number of carbonyl (C=O) groups is 2. The minimum atomic E-state index is -0.463. The maximum atomic E-state index is 12.1. The number of fused-ring (bicyclic) bond motifs is 1. The Bertz CT molecular complexity index is 888. The number of carbonyl (C=O) groups excluding carboxylic acids is 2. The smallest absolute Gasteiger partial charge is 0.251 e. The first-order valence-corrected chi connectivity index (χ1v) is 10.1. The molecule has 0 spiro atoms. The maximum absolute atomic E-state index is 12.1. The number of thiocarbonyl (C=S) groups is 1. The third kappa shape index (κ3) is 5.02. The third-order valence-corrected chi connectivity index (χ3v) is 5.77. The van der Waals surface area contributed by atoms with E-state index < -0.39 is 5.91 Å². The van der Waals surface area contributed by atoms with Gasteiger partial charge in [-0.15, -0.1) is 11.3 Å². The summed E-state index contributed by atoms with van der Waals surface area (Å²) in [6.07, 6.45) is 8.24. The highest BCUT2D eigenvalue weighted by molar-refractivity contribution is 7.80. The zero-order chi connectivity index (χ0) is 19.2. The average molecular weight is 400 g/mol. The van der Waals surface area contributed by atoms with Gasteiger partial charge in [-0.05, 0) is 55.1 Å². The van der Waals surface area contributed by atoms with E-state index in [0.717, 1.165) is 43.2 Å². The fourth-order valence-electron chi connectivity index (χ4n) is 3.12. The Morgan fingerprint density at radius 2 is 1.85 bits per heavy atom. The van der Waals surface area contributed by atoms with Crippen LogP contribution in [0.4, 0.5) is 5.00 Å². The van der Waals surface area contributed by atoms with Gasteiger partial charge in [-0.1, -0.05) is 36.8 Å². The second-order valence-corrected chi connectivity index (χ2v) is 7.83. The Morgan fingerprint density at radius 1 is 1.11 bits per heavy atom. The molecule has 4 N–H and O–H groups in total. The van der Waals surface area contributed by atoms with E-state index >= 15 is 0 Å². The lowest BCUT2D eigenvalue weighted by Gasteiger charge is -2.08. The molecule has 5 nitrogen and oxygen atoms in total. The van der Waals surface area contributed by atoms with Crippen LogP contribution in [-0.2, 0) is 17.6 Å². The number of hydrogen-bond acceptors (Lipinski definition) is 4. The van der Waals surface area contributed by atoms with E-state index in [1.807, 2.05) is 30.3 Å². The second-order valence-electron chi connectivity index (χ2n) is 6.32. The van der Waals surface area contributed by atoms with Crippen molar-refractivity contribution in [1.82, 2.24) is 5.32 Å². The summed E-state index contributed by atoms with van der Waals surface area (Å²) in [6, 6.07) is 9.51. The first kappa shape index (κ1) is 19.3. The van der Waals surface area contributed by atoms with Crippen molar-refractivity contribution in [3.63, 3.8) is 0 Å². The predicted molar refractivity (Wildman–Crippen MR) is 114 cm³/mol. The molecule has 0 atom stereocenters. The predicted octanol–water partition coefficient (Wildman–Crippen LogP) is 3.64. The third-order valence-electron chi connectivity index (χ3n) is 4.36. The Labute approximate surface area is 167 Å². The van der Waals surface area contributed by atoms with Gasteiger partial charge in [0.25, 0.3) is 5.91 Å². The van der Waals surface area contributed by atoms with Gasteiger partial charge >= 0.3 is 0 Å². The van der Waals surface area contributed by atoms with Crippen molar-refractivity contribution in [3.05, 3.63) is 58.0 Å². The monoisotopic (exact) mass is 399 g/mol. The Balaban J connectivity index is 1.68. The molecular weight excluding hydrogens is 378 g/mol. The van der Waals surface area contributed by atoms with Crippen molar-refractivity contribution in [2.24, 2.45) is 5.73 Å². The molecule has 0 saturated heterocycles. The SMILES string of the molecule is NC(=O)c1c(NC(=S)NC(=O)/C=C/c2ccccc2)sc2c1CCCCC2. The lowest BCUT2D eigenvalue weighted by atomic mass is 10.1. The van der Waals surface area contributed by atoms with Gasteiger partial charge in [0.2, 0.25) is 5.91 Å². The molecule has 0 fully saturated rings. The van der Waals surface area contributed by atoms with Crippen LogP contribution < -0.4 is 16.4 Å². The molecule has 1 heterocycles. The van der Waals surface area contributed by atoms with Gasteiger partial charge in [0, 0.05) is 11.0 Å². The van der Waals surface area contributed by atoms with Crippen molar-refractivity contribution in [3.8, 4) is 0 Å². The number of hydrogen-bond donors (Lipinski definition) is 3. The number of aryl methyl sites for hydroxylation is 1. The highest BCUT2D eigenvalue weighted by Crippen LogP contribution is 2.37. The van der Waals surface area contributed by atoms with Crippen LogP contribution in [0.5, 0.6) is 0 Å². The molecule has 2 amide bonds. The molecule has 7 heteroatoms. The number of thiophene rings is 1. The number of benzene rings is 1. The van der Waals surface area contributed by atoms with Gasteiger partial charge in [0.1, 0.15) is 5.00 Å². The van der Waals surface area contributed by atoms with Gasteiger partial charge in [0.15, 0.2) is 5.11 Å². The van der Waals surface area contributed by atoms with Crippen LogP contribution in [0.3, 0.4) is 0 Å². The zero-order valence-electron chi connectivity index (χ0n) is 14.8. The van der Waals surface area contributed by atoms with Gasteiger partial charge < -0.3 is 11.1 Å². The molecule has 1 aromatic carbocycles. The van der Waals surface area contributed by atoms with Gasteiger partial charge in [-0.2, -0.15) is 0 Å². The van der Waals surface area contributed by atoms with E-state index in [4.69, 9.17) is 18.0 Å². The van der Waals surface area contributed by atoms with E-state index in [-0.39, 0.29) is 11.0 Å². The fraction of sp³-hybridized carbons (Fsp3) is 0.250. The highest BCUT2D eigenvalue weighted by Gasteiger charge is 2.23. The number of nitrogens with one attached hydrogen (secondary N) is 2. The van der Waals surface area contributed by atoms with Crippen LogP contribution in [-0.4, -0.2) is 16.9 Å². The molecule has 0 unspecified atom stereocenters.